The van der Waals surface area contributed by atoms with Crippen LogP contribution in [0, 0.1) is 5.92 Å². The molecule has 0 heterocycles. The molecule has 0 aliphatic rings. The monoisotopic (exact) mass is 177 g/mol. The predicted octanol–water partition coefficient (Wildman–Crippen LogP) is 1.25. The van der Waals surface area contributed by atoms with Crippen molar-refractivity contribution in [3.63, 3.8) is 0 Å². The topological polar surface area (TPSA) is 40.1 Å². The van der Waals surface area contributed by atoms with Gasteiger partial charge >= 0.3 is 0 Å². The molecule has 13 heavy (non-hydrogen) atoms. The third-order valence-corrected chi connectivity index (χ3v) is 1.87. The molecule has 70 valence electrons. The molecule has 2 heteroatoms. The predicted molar refractivity (Wildman–Crippen MR) is 49.3 cm³/mol. The van der Waals surface area contributed by atoms with Gasteiger partial charge in [-0.15, -0.1) is 0 Å². The fraction of sp³-hybridized carbons (Fsp3) is 0.364. The van der Waals surface area contributed by atoms with Gasteiger partial charge in [0.25, 0.3) is 0 Å². The lowest BCUT2D eigenvalue weighted by Gasteiger charge is -2.11. The lowest BCUT2D eigenvalue weighted by Crippen LogP contribution is -2.24. The Morgan fingerprint density at radius 2 is 2.00 bits per heavy atom. The Balaban J connectivity index is 2.98. The van der Waals surface area contributed by atoms with E-state index >= 15 is 0 Å². The molecule has 0 amide bonds. The van der Waals surface area contributed by atoms with E-state index in [1.807, 2.05) is 12.1 Å². The van der Waals surface area contributed by atoms with Gasteiger partial charge in [0.2, 0.25) is 0 Å². The number of carbonyl (C=O) groups is 1. The van der Waals surface area contributed by atoms with Crippen LogP contribution in [0.3, 0.4) is 0 Å². The number of benzene rings is 1. The minimum Gasteiger partial charge on any atom is -0.545 e. The Hall–Kier alpha value is -1.31. The van der Waals surface area contributed by atoms with Crippen LogP contribution < -0.4 is 5.11 Å². The highest BCUT2D eigenvalue weighted by atomic mass is 16.4. The Kier molecular flexibility index (Phi) is 3.07. The molecule has 1 aromatic rings. The normalized spacial score (nSPS) is 10.4. The van der Waals surface area contributed by atoms with E-state index in [9.17, 15) is 9.90 Å². The van der Waals surface area contributed by atoms with Crippen LogP contribution in [0.15, 0.2) is 24.3 Å². The average molecular weight is 177 g/mol. The minimum absolute atomic E-state index is 0.316. The van der Waals surface area contributed by atoms with E-state index in [0.29, 0.717) is 11.5 Å². The van der Waals surface area contributed by atoms with Crippen LogP contribution in [0.5, 0.6) is 0 Å². The first-order valence-corrected chi connectivity index (χ1v) is 4.40. The zero-order valence-electron chi connectivity index (χ0n) is 7.91. The molecule has 0 radical (unpaired) electrons. The highest BCUT2D eigenvalue weighted by Gasteiger charge is 2.03. The molecule has 0 spiro atoms. The quantitative estimate of drug-likeness (QED) is 0.697. The maximum absolute atomic E-state index is 10.7. The van der Waals surface area contributed by atoms with E-state index < -0.39 is 5.97 Å². The maximum Gasteiger partial charge on any atom is 0.0718 e. The van der Waals surface area contributed by atoms with Gasteiger partial charge in [0, 0.05) is 5.56 Å². The second kappa shape index (κ2) is 4.08. The third kappa shape index (κ3) is 2.58. The summed E-state index contributed by atoms with van der Waals surface area (Å²) in [5, 5.41) is 10.7. The van der Waals surface area contributed by atoms with Crippen molar-refractivity contribution in [1.82, 2.24) is 0 Å². The van der Waals surface area contributed by atoms with E-state index in [-0.39, 0.29) is 0 Å². The number of aromatic carboxylic acids is 1. The molecule has 0 unspecified atom stereocenters. The molecule has 0 aliphatic heterocycles. The van der Waals surface area contributed by atoms with Crippen molar-refractivity contribution in [3.05, 3.63) is 35.4 Å². The van der Waals surface area contributed by atoms with Crippen molar-refractivity contribution in [1.29, 1.82) is 0 Å². The summed E-state index contributed by atoms with van der Waals surface area (Å²) in [5.41, 5.74) is 1.17. The standard InChI is InChI=1S/C11H14O2/c1-8(2)7-9-5-3-4-6-10(9)11(12)13/h3-6,8H,7H2,1-2H3,(H,12,13)/p-1. The maximum atomic E-state index is 10.7. The molecule has 1 rings (SSSR count). The number of carbonyl (C=O) groups excluding carboxylic acids is 1. The summed E-state index contributed by atoms with van der Waals surface area (Å²) in [7, 11) is 0. The number of hydrogen-bond donors (Lipinski definition) is 0. The van der Waals surface area contributed by atoms with E-state index in [4.69, 9.17) is 0 Å². The van der Waals surface area contributed by atoms with E-state index in [1.54, 1.807) is 12.1 Å². The number of carboxylic acids is 1. The molecule has 0 saturated heterocycles. The summed E-state index contributed by atoms with van der Waals surface area (Å²) in [5.74, 6) is -0.628. The smallest absolute Gasteiger partial charge is 0.0718 e. The van der Waals surface area contributed by atoms with Gasteiger partial charge in [0.05, 0.1) is 5.97 Å². The summed E-state index contributed by atoms with van der Waals surface area (Å²) < 4.78 is 0. The van der Waals surface area contributed by atoms with Gasteiger partial charge in [0.1, 0.15) is 0 Å². The number of carboxylic acid groups (broad SMARTS) is 1. The molecule has 0 fully saturated rings. The first-order chi connectivity index (χ1) is 6.11. The second-order valence-corrected chi connectivity index (χ2v) is 3.54. The summed E-state index contributed by atoms with van der Waals surface area (Å²) in [6.07, 6.45) is 0.782. The zero-order chi connectivity index (χ0) is 9.84. The van der Waals surface area contributed by atoms with Crippen molar-refractivity contribution in [2.24, 2.45) is 5.92 Å². The Bertz CT molecular complexity index is 303. The van der Waals surface area contributed by atoms with Crippen molar-refractivity contribution in [2.75, 3.05) is 0 Å². The van der Waals surface area contributed by atoms with Crippen molar-refractivity contribution < 1.29 is 9.90 Å². The van der Waals surface area contributed by atoms with E-state index in [0.717, 1.165) is 12.0 Å². The molecule has 0 aliphatic carbocycles. The van der Waals surface area contributed by atoms with Crippen LogP contribution in [0.2, 0.25) is 0 Å². The van der Waals surface area contributed by atoms with Crippen molar-refractivity contribution >= 4 is 5.97 Å². The SMILES string of the molecule is CC(C)Cc1ccccc1C(=O)[O-]. The van der Waals surface area contributed by atoms with Gasteiger partial charge in [0.15, 0.2) is 0 Å². The van der Waals surface area contributed by atoms with Gasteiger partial charge in [-0.05, 0) is 17.9 Å². The molecule has 0 bridgehead atoms. The number of rotatable bonds is 3. The highest BCUT2D eigenvalue weighted by Crippen LogP contribution is 2.12. The molecule has 1 aromatic carbocycles. The lowest BCUT2D eigenvalue weighted by molar-refractivity contribution is -0.255. The Labute approximate surface area is 78.2 Å². The molecule has 0 N–H and O–H groups in total. The highest BCUT2D eigenvalue weighted by molar-refractivity contribution is 5.87. The van der Waals surface area contributed by atoms with Gasteiger partial charge in [-0.2, -0.15) is 0 Å². The third-order valence-electron chi connectivity index (χ3n) is 1.87. The van der Waals surface area contributed by atoms with Crippen LogP contribution >= 0.6 is 0 Å². The van der Waals surface area contributed by atoms with Gasteiger partial charge < -0.3 is 9.90 Å². The fourth-order valence-electron chi connectivity index (χ4n) is 1.34. The Morgan fingerprint density at radius 3 is 2.54 bits per heavy atom. The molecule has 2 nitrogen and oxygen atoms in total. The van der Waals surface area contributed by atoms with Crippen molar-refractivity contribution in [2.45, 2.75) is 20.3 Å². The van der Waals surface area contributed by atoms with E-state index in [2.05, 4.69) is 13.8 Å². The van der Waals surface area contributed by atoms with Gasteiger partial charge in [-0.25, -0.2) is 0 Å². The molecule has 0 saturated carbocycles. The van der Waals surface area contributed by atoms with Gasteiger partial charge in [-0.3, -0.25) is 0 Å². The fourth-order valence-corrected chi connectivity index (χ4v) is 1.34. The molecular formula is C11H13O2-. The van der Waals surface area contributed by atoms with Gasteiger partial charge in [-0.1, -0.05) is 38.1 Å². The van der Waals surface area contributed by atoms with Crippen LogP contribution in [-0.4, -0.2) is 5.97 Å². The number of hydrogen-bond acceptors (Lipinski definition) is 2. The summed E-state index contributed by atoms with van der Waals surface area (Å²) in [4.78, 5) is 10.7. The minimum atomic E-state index is -1.09. The molecule has 0 aromatic heterocycles. The Morgan fingerprint density at radius 1 is 1.38 bits per heavy atom. The van der Waals surface area contributed by atoms with Crippen LogP contribution in [0.1, 0.15) is 29.8 Å². The largest absolute Gasteiger partial charge is 0.545 e. The summed E-state index contributed by atoms with van der Waals surface area (Å²) >= 11 is 0. The van der Waals surface area contributed by atoms with Crippen molar-refractivity contribution in [3.8, 4) is 0 Å². The summed E-state index contributed by atoms with van der Waals surface area (Å²) in [6.45, 7) is 4.12. The molecular weight excluding hydrogens is 164 g/mol. The first kappa shape index (κ1) is 9.78. The second-order valence-electron chi connectivity index (χ2n) is 3.54. The first-order valence-electron chi connectivity index (χ1n) is 4.40. The lowest BCUT2D eigenvalue weighted by atomic mass is 9.98. The van der Waals surface area contributed by atoms with E-state index in [1.165, 1.54) is 0 Å². The zero-order valence-corrected chi connectivity index (χ0v) is 7.91. The average Bonchev–Trinajstić information content (AvgIpc) is 2.03. The summed E-state index contributed by atoms with van der Waals surface area (Å²) in [6, 6.07) is 7.00. The van der Waals surface area contributed by atoms with Crippen LogP contribution in [0.25, 0.3) is 0 Å². The van der Waals surface area contributed by atoms with Crippen LogP contribution in [-0.2, 0) is 6.42 Å². The van der Waals surface area contributed by atoms with Crippen LogP contribution in [0.4, 0.5) is 0 Å². The molecule has 0 atom stereocenters.